The molecule has 0 bridgehead atoms. The summed E-state index contributed by atoms with van der Waals surface area (Å²) in [7, 11) is 0. The third-order valence-corrected chi connectivity index (χ3v) is 5.46. The third-order valence-electron chi connectivity index (χ3n) is 4.18. The molecule has 0 aromatic heterocycles. The van der Waals surface area contributed by atoms with Gasteiger partial charge < -0.3 is 0 Å². The van der Waals surface area contributed by atoms with Crippen LogP contribution >= 0.6 is 15.9 Å². The van der Waals surface area contributed by atoms with Crippen molar-refractivity contribution in [2.24, 2.45) is 17.3 Å². The Morgan fingerprint density at radius 2 is 1.79 bits per heavy atom. The van der Waals surface area contributed by atoms with Crippen LogP contribution in [0.5, 0.6) is 0 Å². The minimum Gasteiger partial charge on any atom is -0.0922 e. The van der Waals surface area contributed by atoms with Crippen LogP contribution in [-0.4, -0.2) is 5.33 Å². The Kier molecular flexibility index (Phi) is 4.96. The second kappa shape index (κ2) is 5.53. The molecule has 0 N–H and O–H groups in total. The summed E-state index contributed by atoms with van der Waals surface area (Å²) in [5.74, 6) is 1.80. The van der Waals surface area contributed by atoms with E-state index in [2.05, 4.69) is 36.7 Å². The van der Waals surface area contributed by atoms with Crippen molar-refractivity contribution in [3.05, 3.63) is 0 Å². The molecule has 14 heavy (non-hydrogen) atoms. The van der Waals surface area contributed by atoms with E-state index in [9.17, 15) is 0 Å². The normalized spacial score (nSPS) is 23.8. The maximum atomic E-state index is 3.70. The lowest BCUT2D eigenvalue weighted by Crippen LogP contribution is -2.29. The van der Waals surface area contributed by atoms with Crippen LogP contribution in [0.3, 0.4) is 0 Å². The highest BCUT2D eigenvalue weighted by molar-refractivity contribution is 9.09. The molecule has 1 unspecified atom stereocenters. The Hall–Kier alpha value is 0.480. The molecule has 1 fully saturated rings. The summed E-state index contributed by atoms with van der Waals surface area (Å²) in [6.45, 7) is 7.18. The number of hydrogen-bond acceptors (Lipinski definition) is 0. The first kappa shape index (κ1) is 12.5. The predicted molar refractivity (Wildman–Crippen MR) is 67.9 cm³/mol. The van der Waals surface area contributed by atoms with Crippen molar-refractivity contribution >= 4 is 15.9 Å². The lowest BCUT2D eigenvalue weighted by molar-refractivity contribution is 0.170. The van der Waals surface area contributed by atoms with E-state index in [-0.39, 0.29) is 0 Å². The molecule has 0 aromatic carbocycles. The first-order valence-electron chi connectivity index (χ1n) is 6.14. The van der Waals surface area contributed by atoms with Crippen LogP contribution in [0.4, 0.5) is 0 Å². The fourth-order valence-corrected chi connectivity index (χ4v) is 3.37. The number of hydrogen-bond donors (Lipinski definition) is 0. The van der Waals surface area contributed by atoms with Crippen molar-refractivity contribution in [3.8, 4) is 0 Å². The quantitative estimate of drug-likeness (QED) is 0.624. The Balaban J connectivity index is 2.46. The van der Waals surface area contributed by atoms with Gasteiger partial charge in [-0.3, -0.25) is 0 Å². The van der Waals surface area contributed by atoms with Gasteiger partial charge in [0, 0.05) is 5.33 Å². The highest BCUT2D eigenvalue weighted by atomic mass is 79.9. The van der Waals surface area contributed by atoms with E-state index in [0.29, 0.717) is 5.41 Å². The van der Waals surface area contributed by atoms with E-state index in [4.69, 9.17) is 0 Å². The monoisotopic (exact) mass is 260 g/mol. The average Bonchev–Trinajstić information content (AvgIpc) is 2.19. The molecule has 1 aliphatic rings. The van der Waals surface area contributed by atoms with E-state index in [1.54, 1.807) is 0 Å². The molecule has 1 atom stereocenters. The molecule has 0 spiro atoms. The van der Waals surface area contributed by atoms with Crippen LogP contribution in [0.15, 0.2) is 0 Å². The van der Waals surface area contributed by atoms with Gasteiger partial charge in [0.1, 0.15) is 0 Å². The first-order valence-corrected chi connectivity index (χ1v) is 7.26. The van der Waals surface area contributed by atoms with Crippen LogP contribution in [0.25, 0.3) is 0 Å². The van der Waals surface area contributed by atoms with Gasteiger partial charge >= 0.3 is 0 Å². The van der Waals surface area contributed by atoms with E-state index >= 15 is 0 Å². The molecule has 1 heteroatoms. The molecule has 1 aliphatic carbocycles. The molecule has 0 amide bonds. The zero-order valence-corrected chi connectivity index (χ0v) is 11.6. The van der Waals surface area contributed by atoms with E-state index in [1.165, 1.54) is 38.5 Å². The van der Waals surface area contributed by atoms with E-state index in [1.807, 2.05) is 0 Å². The Labute approximate surface area is 98.0 Å². The van der Waals surface area contributed by atoms with Crippen LogP contribution in [0.2, 0.25) is 0 Å². The van der Waals surface area contributed by atoms with Gasteiger partial charge in [-0.25, -0.2) is 0 Å². The highest BCUT2D eigenvalue weighted by Crippen LogP contribution is 2.40. The summed E-state index contributed by atoms with van der Waals surface area (Å²) in [5, 5.41) is 1.16. The molecule has 1 saturated carbocycles. The minimum atomic E-state index is 0.516. The summed E-state index contributed by atoms with van der Waals surface area (Å²) >= 11 is 3.70. The smallest absolute Gasteiger partial charge is 0.00878 e. The fraction of sp³-hybridized carbons (Fsp3) is 1.00. The van der Waals surface area contributed by atoms with Gasteiger partial charge in [-0.05, 0) is 23.7 Å². The predicted octanol–water partition coefficient (Wildman–Crippen LogP) is 5.01. The molecule has 0 saturated heterocycles. The van der Waals surface area contributed by atoms with Crippen molar-refractivity contribution in [2.45, 2.75) is 59.3 Å². The summed E-state index contributed by atoms with van der Waals surface area (Å²) < 4.78 is 0. The van der Waals surface area contributed by atoms with Crippen molar-refractivity contribution in [3.63, 3.8) is 0 Å². The average molecular weight is 261 g/mol. The summed E-state index contributed by atoms with van der Waals surface area (Å²) in [6, 6.07) is 0. The second-order valence-electron chi connectivity index (χ2n) is 5.65. The zero-order valence-electron chi connectivity index (χ0n) is 9.98. The second-order valence-corrected chi connectivity index (χ2v) is 6.21. The summed E-state index contributed by atoms with van der Waals surface area (Å²) in [5.41, 5.74) is 0.516. The van der Waals surface area contributed by atoms with Crippen LogP contribution < -0.4 is 0 Å². The minimum absolute atomic E-state index is 0.516. The van der Waals surface area contributed by atoms with E-state index in [0.717, 1.165) is 17.2 Å². The fourth-order valence-electron chi connectivity index (χ4n) is 2.50. The van der Waals surface area contributed by atoms with Crippen LogP contribution in [-0.2, 0) is 0 Å². The number of halogens is 1. The standard InChI is InChI=1S/C13H25Br/c1-11(2)13(3,10-14)9-12-7-5-4-6-8-12/h11-12H,4-10H2,1-3H3. The van der Waals surface area contributed by atoms with Gasteiger partial charge in [-0.15, -0.1) is 0 Å². The zero-order chi connectivity index (χ0) is 10.6. The lowest BCUT2D eigenvalue weighted by Gasteiger charge is -2.36. The molecular weight excluding hydrogens is 236 g/mol. The molecule has 0 aliphatic heterocycles. The number of alkyl halides is 1. The van der Waals surface area contributed by atoms with Gasteiger partial charge in [0.25, 0.3) is 0 Å². The van der Waals surface area contributed by atoms with Gasteiger partial charge in [-0.1, -0.05) is 68.8 Å². The maximum absolute atomic E-state index is 3.70. The van der Waals surface area contributed by atoms with Gasteiger partial charge in [0.15, 0.2) is 0 Å². The highest BCUT2D eigenvalue weighted by Gasteiger charge is 2.30. The molecule has 84 valence electrons. The molecular formula is C13H25Br. The molecule has 0 heterocycles. The van der Waals surface area contributed by atoms with Crippen molar-refractivity contribution in [2.75, 3.05) is 5.33 Å². The Morgan fingerprint density at radius 1 is 1.21 bits per heavy atom. The van der Waals surface area contributed by atoms with Gasteiger partial charge in [0.2, 0.25) is 0 Å². The van der Waals surface area contributed by atoms with Crippen LogP contribution in [0.1, 0.15) is 59.3 Å². The molecule has 1 rings (SSSR count). The maximum Gasteiger partial charge on any atom is 0.00878 e. The largest absolute Gasteiger partial charge is 0.0922 e. The lowest BCUT2D eigenvalue weighted by atomic mass is 9.71. The summed E-state index contributed by atoms with van der Waals surface area (Å²) in [4.78, 5) is 0. The molecule has 0 radical (unpaired) electrons. The Bertz CT molecular complexity index is 159. The Morgan fingerprint density at radius 3 is 2.21 bits per heavy atom. The topological polar surface area (TPSA) is 0 Å². The van der Waals surface area contributed by atoms with Gasteiger partial charge in [0.05, 0.1) is 0 Å². The molecule has 0 aromatic rings. The van der Waals surface area contributed by atoms with Crippen molar-refractivity contribution < 1.29 is 0 Å². The molecule has 0 nitrogen and oxygen atoms in total. The summed E-state index contributed by atoms with van der Waals surface area (Å²) in [6.07, 6.45) is 8.81. The van der Waals surface area contributed by atoms with E-state index < -0.39 is 0 Å². The number of rotatable bonds is 4. The first-order chi connectivity index (χ1) is 6.58. The third kappa shape index (κ3) is 3.25. The van der Waals surface area contributed by atoms with Crippen molar-refractivity contribution in [1.82, 2.24) is 0 Å². The van der Waals surface area contributed by atoms with Crippen molar-refractivity contribution in [1.29, 1.82) is 0 Å². The van der Waals surface area contributed by atoms with Gasteiger partial charge in [-0.2, -0.15) is 0 Å². The SMILES string of the molecule is CC(C)C(C)(CBr)CC1CCCCC1. The van der Waals surface area contributed by atoms with Crippen LogP contribution in [0, 0.1) is 17.3 Å².